The van der Waals surface area contributed by atoms with Gasteiger partial charge in [-0.2, -0.15) is 0 Å². The summed E-state index contributed by atoms with van der Waals surface area (Å²) in [6.07, 6.45) is 4.99. The number of hydrogen-bond donors (Lipinski definition) is 1. The fourth-order valence-electron chi connectivity index (χ4n) is 3.67. The van der Waals surface area contributed by atoms with E-state index in [1.165, 1.54) is 32.4 Å². The molecule has 0 radical (unpaired) electrons. The molecule has 3 unspecified atom stereocenters. The second-order valence-electron chi connectivity index (χ2n) is 6.38. The van der Waals surface area contributed by atoms with Crippen molar-refractivity contribution in [3.63, 3.8) is 0 Å². The molecule has 4 rings (SSSR count). The highest BCUT2D eigenvalue weighted by Crippen LogP contribution is 2.34. The van der Waals surface area contributed by atoms with Crippen molar-refractivity contribution in [2.45, 2.75) is 43.4 Å². The zero-order valence-electron chi connectivity index (χ0n) is 11.8. The minimum Gasteiger partial charge on any atom is -0.468 e. The summed E-state index contributed by atoms with van der Waals surface area (Å²) in [7, 11) is 0. The number of piperidine rings is 1. The molecular weight excluding hydrogens is 258 g/mol. The first kappa shape index (κ1) is 12.9. The van der Waals surface area contributed by atoms with E-state index < -0.39 is 0 Å². The molecule has 0 aromatic heterocycles. The summed E-state index contributed by atoms with van der Waals surface area (Å²) in [5.74, 6) is 0.651. The summed E-state index contributed by atoms with van der Waals surface area (Å²) in [5.41, 5.74) is -0.370. The van der Waals surface area contributed by atoms with Crippen molar-refractivity contribution in [3.8, 4) is 0 Å². The third kappa shape index (κ3) is 2.29. The minimum absolute atomic E-state index is 0.0817. The van der Waals surface area contributed by atoms with Gasteiger partial charge in [-0.3, -0.25) is 4.90 Å². The Kier molecular flexibility index (Phi) is 3.32. The molecular formula is C14H23N3O3. The smallest absolute Gasteiger partial charge is 0.260 e. The first-order chi connectivity index (χ1) is 9.84. The third-order valence-electron chi connectivity index (χ3n) is 4.80. The Morgan fingerprint density at radius 1 is 1.25 bits per heavy atom. The Morgan fingerprint density at radius 3 is 2.85 bits per heavy atom. The Bertz CT molecular complexity index is 387. The monoisotopic (exact) mass is 281 g/mol. The molecule has 1 N–H and O–H groups in total. The molecule has 112 valence electrons. The molecule has 6 heteroatoms. The van der Waals surface area contributed by atoms with E-state index in [1.807, 2.05) is 0 Å². The van der Waals surface area contributed by atoms with Gasteiger partial charge in [-0.15, -0.1) is 0 Å². The van der Waals surface area contributed by atoms with Crippen LogP contribution in [0.3, 0.4) is 0 Å². The van der Waals surface area contributed by atoms with Crippen molar-refractivity contribution in [3.05, 3.63) is 0 Å². The van der Waals surface area contributed by atoms with Crippen molar-refractivity contribution in [1.82, 2.24) is 10.2 Å². The quantitative estimate of drug-likeness (QED) is 0.808. The zero-order valence-corrected chi connectivity index (χ0v) is 11.8. The molecule has 0 spiro atoms. The topological polar surface area (TPSA) is 55.3 Å². The van der Waals surface area contributed by atoms with Gasteiger partial charge in [0.1, 0.15) is 6.10 Å². The zero-order chi connectivity index (χ0) is 13.4. The molecule has 0 amide bonds. The Hall–Kier alpha value is -0.850. The van der Waals surface area contributed by atoms with Crippen LogP contribution < -0.4 is 5.32 Å². The highest BCUT2D eigenvalue weighted by molar-refractivity contribution is 5.86. The van der Waals surface area contributed by atoms with Crippen molar-refractivity contribution in [1.29, 1.82) is 0 Å². The summed E-state index contributed by atoms with van der Waals surface area (Å²) in [6, 6.07) is 0.448. The van der Waals surface area contributed by atoms with E-state index in [2.05, 4.69) is 15.4 Å². The van der Waals surface area contributed by atoms with Crippen LogP contribution in [0.1, 0.15) is 25.7 Å². The van der Waals surface area contributed by atoms with E-state index >= 15 is 0 Å². The molecule has 0 aromatic carbocycles. The number of nitrogens with zero attached hydrogens (tertiary/aromatic N) is 2. The first-order valence-corrected chi connectivity index (χ1v) is 7.81. The number of ether oxygens (including phenoxy) is 2. The largest absolute Gasteiger partial charge is 0.468 e. The van der Waals surface area contributed by atoms with Crippen molar-refractivity contribution < 1.29 is 14.3 Å². The lowest BCUT2D eigenvalue weighted by Gasteiger charge is -2.35. The molecule has 0 aliphatic carbocycles. The lowest BCUT2D eigenvalue weighted by Crippen LogP contribution is -2.51. The molecule has 2 bridgehead atoms. The number of likely N-dealkylation sites (tertiary alicyclic amines) is 1. The molecule has 20 heavy (non-hydrogen) atoms. The second-order valence-corrected chi connectivity index (χ2v) is 6.38. The number of rotatable bonds is 3. The van der Waals surface area contributed by atoms with Gasteiger partial charge in [0.05, 0.1) is 6.61 Å². The molecule has 0 aromatic rings. The highest BCUT2D eigenvalue weighted by atomic mass is 16.7. The Morgan fingerprint density at radius 2 is 2.15 bits per heavy atom. The Labute approximate surface area is 119 Å². The van der Waals surface area contributed by atoms with Crippen LogP contribution >= 0.6 is 0 Å². The molecule has 3 fully saturated rings. The van der Waals surface area contributed by atoms with Gasteiger partial charge in [0, 0.05) is 25.6 Å². The predicted molar refractivity (Wildman–Crippen MR) is 73.6 cm³/mol. The molecule has 3 atom stereocenters. The lowest BCUT2D eigenvalue weighted by atomic mass is 10.0. The van der Waals surface area contributed by atoms with Gasteiger partial charge in [0.15, 0.2) is 12.2 Å². The molecule has 0 saturated carbocycles. The van der Waals surface area contributed by atoms with Crippen LogP contribution in [0, 0.1) is 0 Å². The predicted octanol–water partition coefficient (Wildman–Crippen LogP) is 0.332. The fraction of sp³-hybridized carbons (Fsp3) is 0.929. The normalized spacial score (nSPS) is 41.1. The highest BCUT2D eigenvalue weighted by Gasteiger charge is 2.53. The molecule has 3 saturated heterocycles. The average Bonchev–Trinajstić information content (AvgIpc) is 3.11. The van der Waals surface area contributed by atoms with E-state index in [0.717, 1.165) is 26.1 Å². The third-order valence-corrected chi connectivity index (χ3v) is 4.80. The molecule has 4 aliphatic rings. The maximum absolute atomic E-state index is 6.11. The summed E-state index contributed by atoms with van der Waals surface area (Å²) in [4.78, 5) is 7.90. The van der Waals surface area contributed by atoms with Crippen molar-refractivity contribution in [2.75, 3.05) is 39.4 Å². The van der Waals surface area contributed by atoms with Crippen LogP contribution in [0.15, 0.2) is 5.16 Å². The average molecular weight is 281 g/mol. The van der Waals surface area contributed by atoms with Gasteiger partial charge < -0.3 is 19.6 Å². The Balaban J connectivity index is 1.38. The van der Waals surface area contributed by atoms with Gasteiger partial charge in [0.2, 0.25) is 0 Å². The number of nitrogens with one attached hydrogen (secondary N) is 1. The van der Waals surface area contributed by atoms with Crippen LogP contribution in [0.5, 0.6) is 0 Å². The van der Waals surface area contributed by atoms with Crippen LogP contribution in [-0.2, 0) is 14.3 Å². The second kappa shape index (κ2) is 5.16. The van der Waals surface area contributed by atoms with Gasteiger partial charge in [0.25, 0.3) is 5.90 Å². The minimum atomic E-state index is -0.370. The number of oxime groups is 1. The van der Waals surface area contributed by atoms with E-state index in [1.54, 1.807) is 0 Å². The van der Waals surface area contributed by atoms with Crippen LogP contribution in [0.25, 0.3) is 0 Å². The van der Waals surface area contributed by atoms with Crippen LogP contribution in [-0.4, -0.2) is 67.9 Å². The summed E-state index contributed by atoms with van der Waals surface area (Å²) in [6.45, 7) is 5.38. The molecule has 4 aliphatic heterocycles. The van der Waals surface area contributed by atoms with Gasteiger partial charge in [-0.1, -0.05) is 6.42 Å². The van der Waals surface area contributed by atoms with Crippen molar-refractivity contribution in [2.24, 2.45) is 5.16 Å². The fourth-order valence-corrected chi connectivity index (χ4v) is 3.67. The van der Waals surface area contributed by atoms with E-state index in [0.29, 0.717) is 18.5 Å². The van der Waals surface area contributed by atoms with Gasteiger partial charge >= 0.3 is 0 Å². The van der Waals surface area contributed by atoms with Crippen molar-refractivity contribution >= 4 is 5.90 Å². The summed E-state index contributed by atoms with van der Waals surface area (Å²) < 4.78 is 12.0. The number of morpholine rings is 1. The lowest BCUT2D eigenvalue weighted by molar-refractivity contribution is -0.0455. The first-order valence-electron chi connectivity index (χ1n) is 7.81. The molecule has 4 heterocycles. The van der Waals surface area contributed by atoms with Crippen LogP contribution in [0.2, 0.25) is 0 Å². The number of fused-ring (bicyclic) bond motifs is 2. The van der Waals surface area contributed by atoms with E-state index in [9.17, 15) is 0 Å². The molecule has 6 nitrogen and oxygen atoms in total. The summed E-state index contributed by atoms with van der Waals surface area (Å²) >= 11 is 0. The van der Waals surface area contributed by atoms with Gasteiger partial charge in [-0.05, 0) is 31.1 Å². The SMILES string of the molecule is C1CCN(CC2CON=C(C34CNC(CO3)C4)O2)CC1. The standard InChI is InChI=1S/C14H23N3O3/c1-2-4-17(5-3-1)7-12-9-19-16-13(20-12)14-6-11(8-18-14)15-10-14/h11-12,15H,1-10H2. The van der Waals surface area contributed by atoms with Crippen LogP contribution in [0.4, 0.5) is 0 Å². The maximum Gasteiger partial charge on any atom is 0.260 e. The van der Waals surface area contributed by atoms with E-state index in [4.69, 9.17) is 14.3 Å². The van der Waals surface area contributed by atoms with Gasteiger partial charge in [-0.25, -0.2) is 0 Å². The summed E-state index contributed by atoms with van der Waals surface area (Å²) in [5, 5.41) is 7.57. The number of hydrogen-bond acceptors (Lipinski definition) is 6. The van der Waals surface area contributed by atoms with E-state index in [-0.39, 0.29) is 11.7 Å². The maximum atomic E-state index is 6.11.